The maximum atomic E-state index is 12.0. The number of hydrogen-bond donors (Lipinski definition) is 2. The number of para-hydroxylation sites is 2. The van der Waals surface area contributed by atoms with Crippen molar-refractivity contribution in [1.29, 1.82) is 0 Å². The average molecular weight is 379 g/mol. The Bertz CT molecular complexity index is 953. The van der Waals surface area contributed by atoms with Crippen LogP contribution in [0.2, 0.25) is 0 Å². The van der Waals surface area contributed by atoms with E-state index in [9.17, 15) is 9.59 Å². The fourth-order valence-corrected chi connectivity index (χ4v) is 2.59. The van der Waals surface area contributed by atoms with Crippen molar-refractivity contribution >= 4 is 28.7 Å². The second-order valence-electron chi connectivity index (χ2n) is 5.82. The largest absolute Gasteiger partial charge is 0.462 e. The van der Waals surface area contributed by atoms with Crippen molar-refractivity contribution in [2.45, 2.75) is 13.8 Å². The van der Waals surface area contributed by atoms with Gasteiger partial charge in [-0.15, -0.1) is 0 Å². The lowest BCUT2D eigenvalue weighted by Crippen LogP contribution is -2.19. The predicted molar refractivity (Wildman–Crippen MR) is 107 cm³/mol. The van der Waals surface area contributed by atoms with Gasteiger partial charge < -0.3 is 19.8 Å². The molecule has 3 aromatic rings. The molecule has 0 radical (unpaired) electrons. The van der Waals surface area contributed by atoms with Gasteiger partial charge in [-0.25, -0.2) is 14.6 Å². The minimum Gasteiger partial charge on any atom is -0.462 e. The number of anilines is 1. The van der Waals surface area contributed by atoms with Crippen LogP contribution in [-0.4, -0.2) is 35.1 Å². The Morgan fingerprint density at radius 3 is 2.25 bits per heavy atom. The summed E-state index contributed by atoms with van der Waals surface area (Å²) in [6.07, 6.45) is 1.30. The summed E-state index contributed by atoms with van der Waals surface area (Å²) in [5.74, 6) is -0.693. The van der Waals surface area contributed by atoms with Crippen LogP contribution in [0.5, 0.6) is 0 Å². The molecule has 0 aliphatic rings. The van der Waals surface area contributed by atoms with E-state index in [1.807, 2.05) is 48.5 Å². The highest BCUT2D eigenvalue weighted by Crippen LogP contribution is 2.22. The van der Waals surface area contributed by atoms with E-state index in [2.05, 4.69) is 15.3 Å². The van der Waals surface area contributed by atoms with Gasteiger partial charge in [-0.2, -0.15) is 0 Å². The molecule has 28 heavy (non-hydrogen) atoms. The number of benzene rings is 2. The Labute approximate surface area is 162 Å². The summed E-state index contributed by atoms with van der Waals surface area (Å²) in [6, 6.07) is 15.2. The van der Waals surface area contributed by atoms with E-state index < -0.39 is 11.9 Å². The molecular formula is C21H21N3O4. The molecule has 7 nitrogen and oxygen atoms in total. The van der Waals surface area contributed by atoms with Crippen LogP contribution in [-0.2, 0) is 19.1 Å². The molecular weight excluding hydrogens is 358 g/mol. The molecule has 2 N–H and O–H groups in total. The summed E-state index contributed by atoms with van der Waals surface area (Å²) in [7, 11) is 0. The minimum absolute atomic E-state index is 0.168. The van der Waals surface area contributed by atoms with Crippen molar-refractivity contribution in [1.82, 2.24) is 9.97 Å². The van der Waals surface area contributed by atoms with Gasteiger partial charge in [0.2, 0.25) is 0 Å². The minimum atomic E-state index is -0.729. The van der Waals surface area contributed by atoms with Gasteiger partial charge in [0.25, 0.3) is 0 Å². The first-order chi connectivity index (χ1) is 13.6. The molecule has 0 fully saturated rings. The van der Waals surface area contributed by atoms with Gasteiger partial charge in [0, 0.05) is 17.5 Å². The van der Waals surface area contributed by atoms with E-state index >= 15 is 0 Å². The van der Waals surface area contributed by atoms with E-state index in [0.29, 0.717) is 5.69 Å². The molecule has 3 rings (SSSR count). The number of fused-ring (bicyclic) bond motifs is 1. The Kier molecular flexibility index (Phi) is 6.06. The molecule has 0 amide bonds. The zero-order valence-corrected chi connectivity index (χ0v) is 15.7. The number of H-pyrrole nitrogens is 1. The first-order valence-corrected chi connectivity index (χ1v) is 8.98. The number of carbonyl (C=O) groups excluding carboxylic acids is 2. The standard InChI is InChI=1S/C21H21N3O4/c1-3-27-20(25)16(21(26)28-4-2)13-22-15-11-9-14(10-12-15)19-23-17-7-5-6-8-18(17)24-19/h5-13,22H,3-4H2,1-2H3,(H,23,24). The molecule has 2 aromatic carbocycles. The molecule has 0 unspecified atom stereocenters. The predicted octanol–water partition coefficient (Wildman–Crippen LogP) is 3.65. The third-order valence-corrected chi connectivity index (χ3v) is 3.92. The number of aromatic amines is 1. The third-order valence-electron chi connectivity index (χ3n) is 3.92. The molecule has 1 aromatic heterocycles. The lowest BCUT2D eigenvalue weighted by atomic mass is 10.2. The van der Waals surface area contributed by atoms with Gasteiger partial charge in [-0.05, 0) is 50.2 Å². The third kappa shape index (κ3) is 4.37. The van der Waals surface area contributed by atoms with E-state index in [1.54, 1.807) is 13.8 Å². The number of nitrogens with one attached hydrogen (secondary N) is 2. The highest BCUT2D eigenvalue weighted by Gasteiger charge is 2.20. The quantitative estimate of drug-likeness (QED) is 0.282. The van der Waals surface area contributed by atoms with Crippen LogP contribution in [0, 0.1) is 0 Å². The summed E-state index contributed by atoms with van der Waals surface area (Å²) in [4.78, 5) is 31.8. The first kappa shape index (κ1) is 19.2. The molecule has 0 saturated heterocycles. The molecule has 0 aliphatic carbocycles. The second-order valence-corrected chi connectivity index (χ2v) is 5.82. The molecule has 144 valence electrons. The van der Waals surface area contributed by atoms with E-state index in [-0.39, 0.29) is 18.8 Å². The number of ether oxygens (including phenoxy) is 2. The summed E-state index contributed by atoms with van der Waals surface area (Å²) >= 11 is 0. The van der Waals surface area contributed by atoms with Gasteiger partial charge in [0.15, 0.2) is 5.57 Å². The normalized spacial score (nSPS) is 10.4. The van der Waals surface area contributed by atoms with Crippen molar-refractivity contribution in [2.75, 3.05) is 18.5 Å². The molecule has 7 heteroatoms. The Morgan fingerprint density at radius 2 is 1.64 bits per heavy atom. The number of carbonyl (C=O) groups is 2. The zero-order chi connectivity index (χ0) is 19.9. The summed E-state index contributed by atoms with van der Waals surface area (Å²) in [5.41, 5.74) is 3.30. The monoisotopic (exact) mass is 379 g/mol. The van der Waals surface area contributed by atoms with Crippen LogP contribution < -0.4 is 5.32 Å². The van der Waals surface area contributed by atoms with E-state index in [1.165, 1.54) is 6.20 Å². The van der Waals surface area contributed by atoms with Crippen LogP contribution in [0.1, 0.15) is 13.8 Å². The molecule has 0 saturated carbocycles. The fraction of sp³-hybridized carbons (Fsp3) is 0.190. The summed E-state index contributed by atoms with van der Waals surface area (Å²) in [5, 5.41) is 2.93. The van der Waals surface area contributed by atoms with Crippen molar-refractivity contribution < 1.29 is 19.1 Å². The van der Waals surface area contributed by atoms with Gasteiger partial charge in [0.05, 0.1) is 24.2 Å². The number of imidazole rings is 1. The highest BCUT2D eigenvalue weighted by atomic mass is 16.6. The van der Waals surface area contributed by atoms with Crippen molar-refractivity contribution in [3.05, 3.63) is 60.3 Å². The SMILES string of the molecule is CCOC(=O)C(=CNc1ccc(-c2nc3ccccc3[nH]2)cc1)C(=O)OCC. The lowest BCUT2D eigenvalue weighted by molar-refractivity contribution is -0.146. The van der Waals surface area contributed by atoms with E-state index in [4.69, 9.17) is 9.47 Å². The highest BCUT2D eigenvalue weighted by molar-refractivity contribution is 6.14. The van der Waals surface area contributed by atoms with Crippen molar-refractivity contribution in [2.24, 2.45) is 0 Å². The number of esters is 2. The van der Waals surface area contributed by atoms with Crippen LogP contribution in [0.3, 0.4) is 0 Å². The van der Waals surface area contributed by atoms with Gasteiger partial charge in [-0.1, -0.05) is 12.1 Å². The topological polar surface area (TPSA) is 93.3 Å². The summed E-state index contributed by atoms with van der Waals surface area (Å²) in [6.45, 7) is 3.68. The van der Waals surface area contributed by atoms with Gasteiger partial charge >= 0.3 is 11.9 Å². The number of hydrogen-bond acceptors (Lipinski definition) is 6. The molecule has 0 bridgehead atoms. The summed E-state index contributed by atoms with van der Waals surface area (Å²) < 4.78 is 9.81. The Balaban J connectivity index is 1.77. The fourth-order valence-electron chi connectivity index (χ4n) is 2.59. The first-order valence-electron chi connectivity index (χ1n) is 8.98. The van der Waals surface area contributed by atoms with Crippen molar-refractivity contribution in [3.63, 3.8) is 0 Å². The van der Waals surface area contributed by atoms with Gasteiger partial charge in [0.1, 0.15) is 5.82 Å². The Morgan fingerprint density at radius 1 is 1.00 bits per heavy atom. The number of aromatic nitrogens is 2. The van der Waals surface area contributed by atoms with Crippen molar-refractivity contribution in [3.8, 4) is 11.4 Å². The lowest BCUT2D eigenvalue weighted by Gasteiger charge is -2.08. The molecule has 0 spiro atoms. The zero-order valence-electron chi connectivity index (χ0n) is 15.7. The molecule has 1 heterocycles. The van der Waals surface area contributed by atoms with Gasteiger partial charge in [-0.3, -0.25) is 0 Å². The second kappa shape index (κ2) is 8.85. The number of nitrogens with zero attached hydrogens (tertiary/aromatic N) is 1. The average Bonchev–Trinajstić information content (AvgIpc) is 3.13. The van der Waals surface area contributed by atoms with Crippen LogP contribution in [0.4, 0.5) is 5.69 Å². The van der Waals surface area contributed by atoms with Crippen LogP contribution >= 0.6 is 0 Å². The maximum Gasteiger partial charge on any atom is 0.347 e. The van der Waals surface area contributed by atoms with E-state index in [0.717, 1.165) is 22.4 Å². The van der Waals surface area contributed by atoms with Crippen LogP contribution in [0.25, 0.3) is 22.4 Å². The number of rotatable bonds is 7. The van der Waals surface area contributed by atoms with Crippen LogP contribution in [0.15, 0.2) is 60.3 Å². The smallest absolute Gasteiger partial charge is 0.347 e. The molecule has 0 aliphatic heterocycles. The Hall–Kier alpha value is -3.61. The molecule has 0 atom stereocenters. The maximum absolute atomic E-state index is 12.0.